The summed E-state index contributed by atoms with van der Waals surface area (Å²) < 4.78 is 32.7. The first-order chi connectivity index (χ1) is 17.5. The molecule has 9 nitrogen and oxygen atoms in total. The maximum Gasteiger partial charge on any atom is 0.251 e. The third-order valence-corrected chi connectivity index (χ3v) is 5.39. The molecule has 4 rings (SSSR count). The van der Waals surface area contributed by atoms with Gasteiger partial charge in [0.05, 0.1) is 11.3 Å². The largest absolute Gasteiger partial charge is 0.467 e. The van der Waals surface area contributed by atoms with Gasteiger partial charge >= 0.3 is 0 Å². The molecule has 0 spiro atoms. The second-order valence-electron chi connectivity index (χ2n) is 9.17. The van der Waals surface area contributed by atoms with Crippen LogP contribution < -0.4 is 10.2 Å². The highest BCUT2D eigenvalue weighted by Gasteiger charge is 2.37. The van der Waals surface area contributed by atoms with E-state index in [1.54, 1.807) is 32.9 Å². The number of amides is 2. The van der Waals surface area contributed by atoms with Crippen molar-refractivity contribution in [3.8, 4) is 11.4 Å². The summed E-state index contributed by atoms with van der Waals surface area (Å²) in [6.07, 6.45) is 1.38. The Kier molecular flexibility index (Phi) is 7.35. The molecule has 192 valence electrons. The first-order valence-corrected chi connectivity index (χ1v) is 11.6. The van der Waals surface area contributed by atoms with E-state index in [0.717, 1.165) is 15.8 Å². The summed E-state index contributed by atoms with van der Waals surface area (Å²) in [5, 5.41) is 14.7. The van der Waals surface area contributed by atoms with Crippen LogP contribution in [-0.2, 0) is 16.1 Å². The average molecular weight is 529 g/mol. The van der Waals surface area contributed by atoms with Gasteiger partial charge in [0.15, 0.2) is 6.04 Å². The molecule has 0 radical (unpaired) electrons. The van der Waals surface area contributed by atoms with E-state index in [1.807, 2.05) is 0 Å². The first kappa shape index (κ1) is 26.0. The summed E-state index contributed by atoms with van der Waals surface area (Å²) in [4.78, 5) is 29.3. The van der Waals surface area contributed by atoms with Gasteiger partial charge in [0, 0.05) is 16.8 Å². The Bertz CT molecular complexity index is 1400. The van der Waals surface area contributed by atoms with Crippen LogP contribution in [0.15, 0.2) is 65.3 Å². The Balaban J connectivity index is 1.72. The second-order valence-corrected chi connectivity index (χ2v) is 9.58. The van der Waals surface area contributed by atoms with Gasteiger partial charge < -0.3 is 9.73 Å². The number of carbonyl (C=O) groups excluding carboxylic acids is 2. The van der Waals surface area contributed by atoms with E-state index in [-0.39, 0.29) is 22.3 Å². The number of nitrogens with one attached hydrogen (secondary N) is 1. The molecular weight excluding hydrogens is 506 g/mol. The fourth-order valence-corrected chi connectivity index (χ4v) is 3.73. The monoisotopic (exact) mass is 528 g/mol. The molecule has 12 heteroatoms. The van der Waals surface area contributed by atoms with E-state index in [2.05, 4.69) is 20.7 Å². The minimum atomic E-state index is -1.26. The third kappa shape index (κ3) is 6.18. The minimum absolute atomic E-state index is 0.153. The number of halogens is 3. The smallest absolute Gasteiger partial charge is 0.251 e. The molecule has 1 atom stereocenters. The summed E-state index contributed by atoms with van der Waals surface area (Å²) in [7, 11) is 0. The van der Waals surface area contributed by atoms with Crippen molar-refractivity contribution >= 4 is 29.1 Å². The van der Waals surface area contributed by atoms with Gasteiger partial charge in [-0.15, -0.1) is 10.2 Å². The summed E-state index contributed by atoms with van der Waals surface area (Å²) in [6, 6.07) is 11.0. The number of furan rings is 1. The van der Waals surface area contributed by atoms with Gasteiger partial charge in [-0.1, -0.05) is 11.6 Å². The van der Waals surface area contributed by atoms with Crippen molar-refractivity contribution in [2.45, 2.75) is 38.9 Å². The number of carbonyl (C=O) groups is 2. The number of benzene rings is 2. The van der Waals surface area contributed by atoms with Crippen molar-refractivity contribution < 1.29 is 22.8 Å². The molecule has 0 saturated carbocycles. The topological polar surface area (TPSA) is 106 Å². The molecular formula is C25H23ClF2N6O3. The lowest BCUT2D eigenvalue weighted by atomic mass is 10.1. The van der Waals surface area contributed by atoms with Crippen LogP contribution in [0.2, 0.25) is 5.02 Å². The van der Waals surface area contributed by atoms with Crippen molar-refractivity contribution in [3.63, 3.8) is 0 Å². The minimum Gasteiger partial charge on any atom is -0.467 e. The van der Waals surface area contributed by atoms with Gasteiger partial charge in [0.2, 0.25) is 5.82 Å². The maximum atomic E-state index is 14.0. The van der Waals surface area contributed by atoms with Crippen LogP contribution in [0.5, 0.6) is 0 Å². The number of tetrazole rings is 1. The van der Waals surface area contributed by atoms with Crippen LogP contribution in [0.4, 0.5) is 14.5 Å². The van der Waals surface area contributed by atoms with Crippen LogP contribution >= 0.6 is 11.6 Å². The van der Waals surface area contributed by atoms with Gasteiger partial charge in [0.1, 0.15) is 23.9 Å². The number of rotatable bonds is 7. The second kappa shape index (κ2) is 10.5. The Morgan fingerprint density at radius 1 is 1.14 bits per heavy atom. The molecule has 1 N–H and O–H groups in total. The average Bonchev–Trinajstić information content (AvgIpc) is 3.51. The van der Waals surface area contributed by atoms with Crippen molar-refractivity contribution in [2.75, 3.05) is 4.90 Å². The zero-order valence-corrected chi connectivity index (χ0v) is 20.9. The number of hydrogen-bond donors (Lipinski definition) is 1. The predicted molar refractivity (Wildman–Crippen MR) is 131 cm³/mol. The van der Waals surface area contributed by atoms with E-state index >= 15 is 0 Å². The van der Waals surface area contributed by atoms with E-state index < -0.39 is 41.6 Å². The summed E-state index contributed by atoms with van der Waals surface area (Å²) >= 11 is 6.02. The lowest BCUT2D eigenvalue weighted by Crippen LogP contribution is -2.50. The van der Waals surface area contributed by atoms with E-state index in [0.29, 0.717) is 5.56 Å². The molecule has 0 unspecified atom stereocenters. The Labute approximate surface area is 216 Å². The predicted octanol–water partition coefficient (Wildman–Crippen LogP) is 4.55. The molecule has 0 saturated heterocycles. The fourth-order valence-electron chi connectivity index (χ4n) is 3.55. The normalized spacial score (nSPS) is 12.3. The Morgan fingerprint density at radius 2 is 1.86 bits per heavy atom. The Hall–Kier alpha value is -4.12. The third-order valence-electron chi connectivity index (χ3n) is 5.10. The standard InChI is InChI=1S/C25H23ClF2N6O3/c1-25(2,3)29-24(36)22(20-5-4-12-37-20)34(17-10-11-19(28)18(26)13-17)21(35)14-33-31-23(30-32-33)15-6-8-16(27)9-7-15/h4-13,22H,14H2,1-3H3,(H,29,36)/t22-/m0/s1. The quantitative estimate of drug-likeness (QED) is 0.377. The number of nitrogens with zero attached hydrogens (tertiary/aromatic N) is 5. The van der Waals surface area contributed by atoms with Crippen molar-refractivity contribution in [2.24, 2.45) is 0 Å². The maximum absolute atomic E-state index is 14.0. The zero-order chi connectivity index (χ0) is 26.7. The van der Waals surface area contributed by atoms with Crippen LogP contribution in [0.3, 0.4) is 0 Å². The molecule has 0 bridgehead atoms. The van der Waals surface area contributed by atoms with Crippen molar-refractivity contribution in [3.05, 3.63) is 83.3 Å². The van der Waals surface area contributed by atoms with Crippen LogP contribution in [0.1, 0.15) is 32.6 Å². The molecule has 2 heterocycles. The first-order valence-electron chi connectivity index (χ1n) is 11.2. The molecule has 4 aromatic rings. The van der Waals surface area contributed by atoms with Crippen molar-refractivity contribution in [1.82, 2.24) is 25.5 Å². The molecule has 2 amide bonds. The van der Waals surface area contributed by atoms with Crippen LogP contribution in [0.25, 0.3) is 11.4 Å². The molecule has 0 aliphatic carbocycles. The molecule has 0 fully saturated rings. The number of anilines is 1. The van der Waals surface area contributed by atoms with E-state index in [9.17, 15) is 18.4 Å². The number of hydrogen-bond acceptors (Lipinski definition) is 6. The van der Waals surface area contributed by atoms with Gasteiger partial charge in [-0.2, -0.15) is 4.80 Å². The molecule has 0 aliphatic heterocycles. The highest BCUT2D eigenvalue weighted by atomic mass is 35.5. The summed E-state index contributed by atoms with van der Waals surface area (Å²) in [5.41, 5.74) is 0.0234. The van der Waals surface area contributed by atoms with Gasteiger partial charge in [0.25, 0.3) is 11.8 Å². The molecule has 0 aliphatic rings. The lowest BCUT2D eigenvalue weighted by molar-refractivity contribution is -0.128. The van der Waals surface area contributed by atoms with Crippen molar-refractivity contribution in [1.29, 1.82) is 0 Å². The van der Waals surface area contributed by atoms with E-state index in [1.165, 1.54) is 42.7 Å². The lowest BCUT2D eigenvalue weighted by Gasteiger charge is -2.32. The zero-order valence-electron chi connectivity index (χ0n) is 20.2. The van der Waals surface area contributed by atoms with Gasteiger partial charge in [-0.3, -0.25) is 14.5 Å². The van der Waals surface area contributed by atoms with Gasteiger partial charge in [-0.25, -0.2) is 8.78 Å². The fraction of sp³-hybridized carbons (Fsp3) is 0.240. The SMILES string of the molecule is CC(C)(C)NC(=O)[C@H](c1ccco1)N(C(=O)Cn1nnc(-c2ccc(F)cc2)n1)c1ccc(F)c(Cl)c1. The van der Waals surface area contributed by atoms with E-state index in [4.69, 9.17) is 16.0 Å². The number of aromatic nitrogens is 4. The highest BCUT2D eigenvalue weighted by Crippen LogP contribution is 2.32. The highest BCUT2D eigenvalue weighted by molar-refractivity contribution is 6.31. The van der Waals surface area contributed by atoms with Gasteiger partial charge in [-0.05, 0) is 80.6 Å². The van der Waals surface area contributed by atoms with Crippen LogP contribution in [-0.4, -0.2) is 37.6 Å². The van der Waals surface area contributed by atoms with Crippen LogP contribution in [0, 0.1) is 11.6 Å². The molecule has 2 aromatic heterocycles. The molecule has 2 aromatic carbocycles. The summed E-state index contributed by atoms with van der Waals surface area (Å²) in [6.45, 7) is 4.95. The summed E-state index contributed by atoms with van der Waals surface area (Å²) in [5.74, 6) is -1.91. The Morgan fingerprint density at radius 3 is 2.49 bits per heavy atom. The molecule has 37 heavy (non-hydrogen) atoms.